The average molecular weight is 624 g/mol. The Kier molecular flexibility index (Phi) is 10.1. The topological polar surface area (TPSA) is 100 Å². The summed E-state index contributed by atoms with van der Waals surface area (Å²) in [6.07, 6.45) is 2.30. The fourth-order valence-electron chi connectivity index (χ4n) is 6.45. The molecule has 0 bridgehead atoms. The average Bonchev–Trinajstić information content (AvgIpc) is 3.51. The molecular formula is C34H39ClFN3O5. The molecule has 0 aromatic heterocycles. The number of benzene rings is 3. The molecule has 2 aliphatic heterocycles. The lowest BCUT2D eigenvalue weighted by Gasteiger charge is -2.44. The monoisotopic (exact) mass is 623 g/mol. The number of carbonyl (C=O) groups excluding carboxylic acids is 2. The van der Waals surface area contributed by atoms with Crippen LogP contribution in [0.3, 0.4) is 0 Å². The van der Waals surface area contributed by atoms with E-state index in [1.165, 1.54) is 19.2 Å². The lowest BCUT2D eigenvalue weighted by atomic mass is 9.72. The summed E-state index contributed by atoms with van der Waals surface area (Å²) in [5.41, 5.74) is 2.63. The lowest BCUT2D eigenvalue weighted by molar-refractivity contribution is -0.0563. The number of carbonyl (C=O) groups is 2. The molecule has 2 atom stereocenters. The minimum atomic E-state index is -1.42. The van der Waals surface area contributed by atoms with E-state index in [-0.39, 0.29) is 31.0 Å². The van der Waals surface area contributed by atoms with E-state index in [1.807, 2.05) is 30.3 Å². The fourth-order valence-corrected chi connectivity index (χ4v) is 6.73. The molecule has 44 heavy (non-hydrogen) atoms. The zero-order chi connectivity index (χ0) is 31.3. The summed E-state index contributed by atoms with van der Waals surface area (Å²) in [5.74, 6) is -0.547. The van der Waals surface area contributed by atoms with E-state index in [2.05, 4.69) is 10.6 Å². The molecule has 0 saturated carbocycles. The van der Waals surface area contributed by atoms with Gasteiger partial charge >= 0.3 is 6.09 Å². The highest BCUT2D eigenvalue weighted by Gasteiger charge is 2.43. The standard InChI is InChI=1S/C34H39ClFN3O5/c1-37-20-22-9-12-26(29(36)18-22)32(40)39-16-4-6-25(21-39)34(42,14-5-15-38-33(41)43-2)27-7-3-8-28(35)31(27)24-11-10-23-13-17-44-30(23)19-24/h3,7-12,18-19,25,37,42H,4-6,13-17,20-21H2,1-2H3,(H,38,41)/t25-,34+/m1/s1. The normalized spacial score (nSPS) is 17.4. The SMILES string of the molecule is CNCc1ccc(C(=O)N2CCC[C@@H]([C@@](O)(CCCNC(=O)OC)c3cccc(Cl)c3-c3ccc4c(c3)OCC4)C2)c(F)c1. The molecule has 10 heteroatoms. The molecule has 0 aliphatic carbocycles. The molecule has 2 aliphatic rings. The van der Waals surface area contributed by atoms with Gasteiger partial charge in [0, 0.05) is 49.1 Å². The summed E-state index contributed by atoms with van der Waals surface area (Å²) in [5, 5.41) is 18.9. The van der Waals surface area contributed by atoms with E-state index in [9.17, 15) is 14.7 Å². The van der Waals surface area contributed by atoms with Crippen LogP contribution in [0.4, 0.5) is 9.18 Å². The fraction of sp³-hybridized carbons (Fsp3) is 0.412. The van der Waals surface area contributed by atoms with Gasteiger partial charge in [0.1, 0.15) is 11.6 Å². The third-order valence-corrected chi connectivity index (χ3v) is 9.00. The molecule has 1 saturated heterocycles. The van der Waals surface area contributed by atoms with Gasteiger partial charge in [-0.2, -0.15) is 0 Å². The van der Waals surface area contributed by atoms with Crippen molar-refractivity contribution in [3.63, 3.8) is 0 Å². The van der Waals surface area contributed by atoms with Gasteiger partial charge in [0.2, 0.25) is 0 Å². The van der Waals surface area contributed by atoms with Crippen molar-refractivity contribution in [3.05, 3.63) is 87.7 Å². The van der Waals surface area contributed by atoms with Crippen LogP contribution < -0.4 is 15.4 Å². The van der Waals surface area contributed by atoms with E-state index in [0.29, 0.717) is 55.1 Å². The van der Waals surface area contributed by atoms with Crippen molar-refractivity contribution in [2.45, 2.75) is 44.2 Å². The Morgan fingerprint density at radius 3 is 2.82 bits per heavy atom. The number of likely N-dealkylation sites (tertiary alicyclic amines) is 1. The third kappa shape index (κ3) is 6.70. The molecular weight excluding hydrogens is 585 g/mol. The van der Waals surface area contributed by atoms with E-state index in [4.69, 9.17) is 21.1 Å². The highest BCUT2D eigenvalue weighted by atomic mass is 35.5. The maximum Gasteiger partial charge on any atom is 0.406 e. The summed E-state index contributed by atoms with van der Waals surface area (Å²) >= 11 is 6.86. The Morgan fingerprint density at radius 2 is 2.05 bits per heavy atom. The Morgan fingerprint density at radius 1 is 1.20 bits per heavy atom. The molecule has 0 radical (unpaired) electrons. The van der Waals surface area contributed by atoms with E-state index in [0.717, 1.165) is 28.9 Å². The first-order valence-electron chi connectivity index (χ1n) is 15.1. The van der Waals surface area contributed by atoms with Gasteiger partial charge in [-0.3, -0.25) is 4.79 Å². The summed E-state index contributed by atoms with van der Waals surface area (Å²) < 4.78 is 25.6. The number of ether oxygens (including phenoxy) is 2. The molecule has 3 aromatic rings. The van der Waals surface area contributed by atoms with Gasteiger partial charge in [-0.15, -0.1) is 0 Å². The van der Waals surface area contributed by atoms with Gasteiger partial charge in [0.15, 0.2) is 0 Å². The Labute approximate surface area is 262 Å². The predicted molar refractivity (Wildman–Crippen MR) is 167 cm³/mol. The van der Waals surface area contributed by atoms with Crippen LogP contribution in [-0.2, 0) is 23.3 Å². The first-order valence-corrected chi connectivity index (χ1v) is 15.4. The van der Waals surface area contributed by atoms with Crippen molar-refractivity contribution in [1.29, 1.82) is 0 Å². The van der Waals surface area contributed by atoms with Crippen LogP contribution in [0.1, 0.15) is 52.7 Å². The van der Waals surface area contributed by atoms with Crippen LogP contribution in [0.5, 0.6) is 5.75 Å². The van der Waals surface area contributed by atoms with Crippen LogP contribution in [0.2, 0.25) is 5.02 Å². The number of nitrogens with zero attached hydrogens (tertiary/aromatic N) is 1. The number of hydrogen-bond acceptors (Lipinski definition) is 6. The minimum absolute atomic E-state index is 0.0120. The van der Waals surface area contributed by atoms with E-state index >= 15 is 4.39 Å². The number of halogens is 2. The summed E-state index contributed by atoms with van der Waals surface area (Å²) in [6, 6.07) is 16.1. The van der Waals surface area contributed by atoms with Gasteiger partial charge in [0.25, 0.3) is 5.91 Å². The maximum absolute atomic E-state index is 15.1. The quantitative estimate of drug-likeness (QED) is 0.252. The summed E-state index contributed by atoms with van der Waals surface area (Å²) in [4.78, 5) is 27.0. The van der Waals surface area contributed by atoms with Crippen LogP contribution in [0.15, 0.2) is 54.6 Å². The number of fused-ring (bicyclic) bond motifs is 1. The van der Waals surface area contributed by atoms with Crippen molar-refractivity contribution < 1.29 is 28.6 Å². The van der Waals surface area contributed by atoms with Gasteiger partial charge in [-0.1, -0.05) is 41.9 Å². The van der Waals surface area contributed by atoms with E-state index < -0.39 is 23.4 Å². The zero-order valence-electron chi connectivity index (χ0n) is 25.1. The number of aliphatic hydroxyl groups is 1. The third-order valence-electron chi connectivity index (χ3n) is 8.68. The second-order valence-corrected chi connectivity index (χ2v) is 11.9. The summed E-state index contributed by atoms with van der Waals surface area (Å²) in [6.45, 7) is 2.09. The van der Waals surface area contributed by atoms with Crippen LogP contribution in [-0.4, -0.2) is 62.4 Å². The Balaban J connectivity index is 1.49. The first-order chi connectivity index (χ1) is 21.2. The number of hydrogen-bond donors (Lipinski definition) is 3. The zero-order valence-corrected chi connectivity index (χ0v) is 25.9. The largest absolute Gasteiger partial charge is 0.493 e. The minimum Gasteiger partial charge on any atom is -0.493 e. The maximum atomic E-state index is 15.1. The van der Waals surface area contributed by atoms with Crippen molar-refractivity contribution in [2.24, 2.45) is 5.92 Å². The highest BCUT2D eigenvalue weighted by molar-refractivity contribution is 6.33. The molecule has 3 aromatic carbocycles. The Hall–Kier alpha value is -3.66. The molecule has 3 N–H and O–H groups in total. The molecule has 5 rings (SSSR count). The van der Waals surface area contributed by atoms with Gasteiger partial charge in [0.05, 0.1) is 24.9 Å². The van der Waals surface area contributed by atoms with Crippen molar-refractivity contribution >= 4 is 23.6 Å². The highest BCUT2D eigenvalue weighted by Crippen LogP contribution is 2.46. The van der Waals surface area contributed by atoms with Gasteiger partial charge in [-0.05, 0) is 79.3 Å². The summed E-state index contributed by atoms with van der Waals surface area (Å²) in [7, 11) is 3.08. The van der Waals surface area contributed by atoms with E-state index in [1.54, 1.807) is 24.1 Å². The molecule has 2 amide bonds. The number of rotatable bonds is 10. The molecule has 234 valence electrons. The molecule has 8 nitrogen and oxygen atoms in total. The number of amides is 2. The first kappa shape index (κ1) is 31.8. The molecule has 2 heterocycles. The smallest absolute Gasteiger partial charge is 0.406 e. The van der Waals surface area contributed by atoms with Crippen molar-refractivity contribution in [2.75, 3.05) is 40.4 Å². The number of alkyl carbamates (subject to hydrolysis) is 1. The number of methoxy groups -OCH3 is 1. The van der Waals surface area contributed by atoms with Crippen LogP contribution in [0.25, 0.3) is 11.1 Å². The van der Waals surface area contributed by atoms with Crippen molar-refractivity contribution in [1.82, 2.24) is 15.5 Å². The number of nitrogens with one attached hydrogen (secondary N) is 2. The number of piperidine rings is 1. The second kappa shape index (κ2) is 14.0. The van der Waals surface area contributed by atoms with Gasteiger partial charge in [-0.25, -0.2) is 9.18 Å². The van der Waals surface area contributed by atoms with Crippen molar-refractivity contribution in [3.8, 4) is 16.9 Å². The lowest BCUT2D eigenvalue weighted by Crippen LogP contribution is -2.48. The van der Waals surface area contributed by atoms with Gasteiger partial charge < -0.3 is 30.1 Å². The molecule has 1 fully saturated rings. The predicted octanol–water partition coefficient (Wildman–Crippen LogP) is 5.68. The molecule has 0 unspecified atom stereocenters. The molecule has 0 spiro atoms. The van der Waals surface area contributed by atoms with Crippen LogP contribution in [0, 0.1) is 11.7 Å². The Bertz CT molecular complexity index is 1520. The second-order valence-electron chi connectivity index (χ2n) is 11.5. The van der Waals surface area contributed by atoms with Crippen LogP contribution >= 0.6 is 11.6 Å².